The molecule has 1 aromatic carbocycles. The molecule has 5 heteroatoms. The van der Waals surface area contributed by atoms with E-state index in [1.54, 1.807) is 19.1 Å². The third-order valence-corrected chi connectivity index (χ3v) is 3.09. The Hall–Kier alpha value is -1.75. The summed E-state index contributed by atoms with van der Waals surface area (Å²) in [5, 5.41) is 7.46. The Morgan fingerprint density at radius 2 is 2.11 bits per heavy atom. The van der Waals surface area contributed by atoms with Crippen LogP contribution in [0.2, 0.25) is 0 Å². The van der Waals surface area contributed by atoms with Gasteiger partial charge in [0.05, 0.1) is 0 Å². The zero-order valence-electron chi connectivity index (χ0n) is 11.7. The molecule has 0 aliphatic rings. The highest BCUT2D eigenvalue weighted by Crippen LogP contribution is 2.20. The van der Waals surface area contributed by atoms with Crippen LogP contribution in [0, 0.1) is 19.7 Å². The van der Waals surface area contributed by atoms with Crippen LogP contribution in [-0.4, -0.2) is 21.3 Å². The number of hydrogen-bond acceptors (Lipinski definition) is 3. The SMILES string of the molecule is CCNC(C)c1ccc(-n2nc(C)nc2C)c(F)c1. The Bertz CT molecular complexity index is 577. The normalized spacial score (nSPS) is 12.7. The number of hydrogen-bond donors (Lipinski definition) is 1. The summed E-state index contributed by atoms with van der Waals surface area (Å²) >= 11 is 0. The zero-order valence-corrected chi connectivity index (χ0v) is 11.7. The highest BCUT2D eigenvalue weighted by Gasteiger charge is 2.12. The molecule has 1 heterocycles. The van der Waals surface area contributed by atoms with Gasteiger partial charge in [-0.25, -0.2) is 14.1 Å². The Kier molecular flexibility index (Phi) is 3.95. The number of nitrogens with one attached hydrogen (secondary N) is 1. The monoisotopic (exact) mass is 262 g/mol. The van der Waals surface area contributed by atoms with Crippen molar-refractivity contribution in [1.29, 1.82) is 0 Å². The third-order valence-electron chi connectivity index (χ3n) is 3.09. The molecule has 1 unspecified atom stereocenters. The molecule has 0 aliphatic carbocycles. The second kappa shape index (κ2) is 5.48. The Morgan fingerprint density at radius 1 is 1.37 bits per heavy atom. The summed E-state index contributed by atoms with van der Waals surface area (Å²) in [7, 11) is 0. The van der Waals surface area contributed by atoms with E-state index in [1.807, 2.05) is 26.8 Å². The first kappa shape index (κ1) is 13.7. The van der Waals surface area contributed by atoms with Gasteiger partial charge in [0.2, 0.25) is 0 Å². The summed E-state index contributed by atoms with van der Waals surface area (Å²) in [4.78, 5) is 4.19. The average Bonchev–Trinajstić information content (AvgIpc) is 2.68. The predicted octanol–water partition coefficient (Wildman–Crippen LogP) is 2.69. The molecule has 0 amide bonds. The minimum absolute atomic E-state index is 0.132. The first-order valence-electron chi connectivity index (χ1n) is 6.46. The molecule has 102 valence electrons. The smallest absolute Gasteiger partial charge is 0.149 e. The van der Waals surface area contributed by atoms with Gasteiger partial charge in [-0.15, -0.1) is 0 Å². The largest absolute Gasteiger partial charge is 0.310 e. The molecule has 19 heavy (non-hydrogen) atoms. The lowest BCUT2D eigenvalue weighted by Gasteiger charge is -2.14. The molecule has 1 N–H and O–H groups in total. The number of aryl methyl sites for hydroxylation is 2. The van der Waals surface area contributed by atoms with Crippen molar-refractivity contribution in [2.45, 2.75) is 33.7 Å². The maximum Gasteiger partial charge on any atom is 0.149 e. The van der Waals surface area contributed by atoms with Crippen LogP contribution in [0.15, 0.2) is 18.2 Å². The van der Waals surface area contributed by atoms with Gasteiger partial charge in [0.1, 0.15) is 23.2 Å². The first-order chi connectivity index (χ1) is 9.02. The summed E-state index contributed by atoms with van der Waals surface area (Å²) in [5.74, 6) is 1.04. The van der Waals surface area contributed by atoms with E-state index in [4.69, 9.17) is 0 Å². The molecule has 1 aromatic heterocycles. The number of benzene rings is 1. The molecule has 0 radical (unpaired) electrons. The number of aromatic nitrogens is 3. The minimum atomic E-state index is -0.282. The van der Waals surface area contributed by atoms with Crippen LogP contribution in [-0.2, 0) is 0 Å². The fourth-order valence-electron chi connectivity index (χ4n) is 2.14. The number of halogens is 1. The van der Waals surface area contributed by atoms with Gasteiger partial charge in [-0.3, -0.25) is 0 Å². The Morgan fingerprint density at radius 3 is 2.63 bits per heavy atom. The lowest BCUT2D eigenvalue weighted by Crippen LogP contribution is -2.18. The highest BCUT2D eigenvalue weighted by molar-refractivity contribution is 5.37. The molecule has 0 aliphatic heterocycles. The van der Waals surface area contributed by atoms with Crippen LogP contribution in [0.1, 0.15) is 37.1 Å². The zero-order chi connectivity index (χ0) is 14.0. The van der Waals surface area contributed by atoms with Crippen molar-refractivity contribution in [3.8, 4) is 5.69 Å². The van der Waals surface area contributed by atoms with Gasteiger partial charge in [0.25, 0.3) is 0 Å². The van der Waals surface area contributed by atoms with Crippen molar-refractivity contribution in [2.24, 2.45) is 0 Å². The third kappa shape index (κ3) is 2.81. The fourth-order valence-corrected chi connectivity index (χ4v) is 2.14. The molecule has 4 nitrogen and oxygen atoms in total. The maximum atomic E-state index is 14.2. The van der Waals surface area contributed by atoms with Crippen molar-refractivity contribution in [2.75, 3.05) is 6.54 Å². The second-order valence-corrected chi connectivity index (χ2v) is 4.61. The summed E-state index contributed by atoms with van der Waals surface area (Å²) in [5.41, 5.74) is 1.36. The van der Waals surface area contributed by atoms with Gasteiger partial charge >= 0.3 is 0 Å². The lowest BCUT2D eigenvalue weighted by molar-refractivity contribution is 0.576. The van der Waals surface area contributed by atoms with E-state index in [9.17, 15) is 4.39 Å². The molecule has 0 bridgehead atoms. The highest BCUT2D eigenvalue weighted by atomic mass is 19.1. The molecule has 0 saturated heterocycles. The van der Waals surface area contributed by atoms with Crippen LogP contribution in [0.5, 0.6) is 0 Å². The van der Waals surface area contributed by atoms with Gasteiger partial charge in [0, 0.05) is 6.04 Å². The van der Waals surface area contributed by atoms with Gasteiger partial charge < -0.3 is 5.32 Å². The lowest BCUT2D eigenvalue weighted by atomic mass is 10.1. The van der Waals surface area contributed by atoms with Crippen molar-refractivity contribution in [3.63, 3.8) is 0 Å². The van der Waals surface area contributed by atoms with E-state index in [2.05, 4.69) is 15.4 Å². The molecule has 0 spiro atoms. The minimum Gasteiger partial charge on any atom is -0.310 e. The maximum absolute atomic E-state index is 14.2. The standard InChI is InChI=1S/C14H19FN4/c1-5-16-9(2)12-6-7-14(13(15)8-12)19-11(4)17-10(3)18-19/h6-9,16H,5H2,1-4H3. The van der Waals surface area contributed by atoms with Crippen molar-refractivity contribution in [3.05, 3.63) is 41.2 Å². The molecular formula is C14H19FN4. The van der Waals surface area contributed by atoms with Crippen LogP contribution >= 0.6 is 0 Å². The average molecular weight is 262 g/mol. The van der Waals surface area contributed by atoms with Crippen molar-refractivity contribution in [1.82, 2.24) is 20.1 Å². The van der Waals surface area contributed by atoms with E-state index in [1.165, 1.54) is 4.68 Å². The molecular weight excluding hydrogens is 243 g/mol. The van der Waals surface area contributed by atoms with Crippen LogP contribution in [0.4, 0.5) is 4.39 Å². The molecule has 0 saturated carbocycles. The Balaban J connectivity index is 2.37. The molecule has 2 rings (SSSR count). The molecule has 0 fully saturated rings. The van der Waals surface area contributed by atoms with Crippen molar-refractivity contribution < 1.29 is 4.39 Å². The van der Waals surface area contributed by atoms with Crippen LogP contribution in [0.3, 0.4) is 0 Å². The predicted molar refractivity (Wildman–Crippen MR) is 72.9 cm³/mol. The summed E-state index contributed by atoms with van der Waals surface area (Å²) in [6, 6.07) is 5.35. The van der Waals surface area contributed by atoms with Crippen molar-refractivity contribution >= 4 is 0 Å². The van der Waals surface area contributed by atoms with Gasteiger partial charge in [-0.05, 0) is 45.0 Å². The first-order valence-corrected chi connectivity index (χ1v) is 6.46. The van der Waals surface area contributed by atoms with Gasteiger partial charge in [-0.1, -0.05) is 13.0 Å². The van der Waals surface area contributed by atoms with E-state index in [0.717, 1.165) is 12.1 Å². The Labute approximate surface area is 112 Å². The summed E-state index contributed by atoms with van der Waals surface area (Å²) < 4.78 is 15.7. The van der Waals surface area contributed by atoms with Gasteiger partial charge in [-0.2, -0.15) is 5.10 Å². The van der Waals surface area contributed by atoms with Gasteiger partial charge in [0.15, 0.2) is 0 Å². The van der Waals surface area contributed by atoms with E-state index in [-0.39, 0.29) is 11.9 Å². The second-order valence-electron chi connectivity index (χ2n) is 4.61. The topological polar surface area (TPSA) is 42.7 Å². The van der Waals surface area contributed by atoms with E-state index in [0.29, 0.717) is 17.3 Å². The fraction of sp³-hybridized carbons (Fsp3) is 0.429. The quantitative estimate of drug-likeness (QED) is 0.921. The summed E-state index contributed by atoms with van der Waals surface area (Å²) in [6.07, 6.45) is 0. The summed E-state index contributed by atoms with van der Waals surface area (Å²) in [6.45, 7) is 8.51. The molecule has 1 atom stereocenters. The van der Waals surface area contributed by atoms with E-state index >= 15 is 0 Å². The number of rotatable bonds is 4. The van der Waals surface area contributed by atoms with Crippen LogP contribution in [0.25, 0.3) is 5.69 Å². The van der Waals surface area contributed by atoms with Crippen LogP contribution < -0.4 is 5.32 Å². The molecule has 2 aromatic rings. The van der Waals surface area contributed by atoms with E-state index < -0.39 is 0 Å². The number of nitrogens with zero attached hydrogens (tertiary/aromatic N) is 3.